The lowest BCUT2D eigenvalue weighted by Crippen LogP contribution is -2.45. The molecule has 3 aromatic heterocycles. The van der Waals surface area contributed by atoms with Crippen LogP contribution in [-0.2, 0) is 4.74 Å². The molecule has 0 aromatic carbocycles. The van der Waals surface area contributed by atoms with Crippen molar-refractivity contribution in [2.75, 3.05) is 64.4 Å². The van der Waals surface area contributed by atoms with Crippen LogP contribution < -0.4 is 4.90 Å². The summed E-state index contributed by atoms with van der Waals surface area (Å²) < 4.78 is 7.44. The van der Waals surface area contributed by atoms with Gasteiger partial charge < -0.3 is 23.8 Å². The van der Waals surface area contributed by atoms with E-state index in [4.69, 9.17) is 4.74 Å². The SMILES string of the molecule is CN1CCN(c2ncnc3c2c(C(=O)N2CCOCC2)c2ccccn23)CC1. The molecule has 8 nitrogen and oxygen atoms in total. The summed E-state index contributed by atoms with van der Waals surface area (Å²) in [4.78, 5) is 29.2. The zero-order valence-electron chi connectivity index (χ0n) is 16.0. The standard InChI is InChI=1S/C20H24N6O2/c1-23-6-8-24(9-7-23)18-17-16(20(27)25-10-12-28-13-11-25)15-4-2-3-5-26(15)19(17)22-14-21-18/h2-5,14H,6-13H2,1H3. The number of amides is 1. The van der Waals surface area contributed by atoms with E-state index < -0.39 is 0 Å². The van der Waals surface area contributed by atoms with Crippen molar-refractivity contribution in [3.8, 4) is 0 Å². The van der Waals surface area contributed by atoms with E-state index >= 15 is 0 Å². The number of pyridine rings is 1. The third-order valence-corrected chi connectivity index (χ3v) is 5.72. The summed E-state index contributed by atoms with van der Waals surface area (Å²) in [6.45, 7) is 6.12. The second-order valence-corrected chi connectivity index (χ2v) is 7.42. The van der Waals surface area contributed by atoms with Gasteiger partial charge in [-0.25, -0.2) is 9.97 Å². The van der Waals surface area contributed by atoms with E-state index in [-0.39, 0.29) is 5.91 Å². The minimum absolute atomic E-state index is 0.0344. The predicted octanol–water partition coefficient (Wildman–Crippen LogP) is 1.11. The van der Waals surface area contributed by atoms with Crippen molar-refractivity contribution in [3.05, 3.63) is 36.3 Å². The first-order valence-corrected chi connectivity index (χ1v) is 9.78. The number of fused-ring (bicyclic) bond motifs is 3. The van der Waals surface area contributed by atoms with Gasteiger partial charge in [0.15, 0.2) is 5.65 Å². The first-order valence-electron chi connectivity index (χ1n) is 9.78. The monoisotopic (exact) mass is 380 g/mol. The Morgan fingerprint density at radius 3 is 2.61 bits per heavy atom. The molecule has 2 fully saturated rings. The molecule has 8 heteroatoms. The second kappa shape index (κ2) is 7.03. The molecule has 0 N–H and O–H groups in total. The van der Waals surface area contributed by atoms with Crippen molar-refractivity contribution in [2.45, 2.75) is 0 Å². The summed E-state index contributed by atoms with van der Waals surface area (Å²) in [5.41, 5.74) is 2.37. The van der Waals surface area contributed by atoms with Gasteiger partial charge >= 0.3 is 0 Å². The Kier molecular flexibility index (Phi) is 4.37. The molecule has 5 heterocycles. The van der Waals surface area contributed by atoms with Gasteiger partial charge in [0, 0.05) is 45.5 Å². The smallest absolute Gasteiger partial charge is 0.257 e. The minimum Gasteiger partial charge on any atom is -0.378 e. The molecular formula is C20H24N6O2. The number of aromatic nitrogens is 3. The fourth-order valence-corrected chi connectivity index (χ4v) is 4.13. The van der Waals surface area contributed by atoms with Gasteiger partial charge in [-0.15, -0.1) is 0 Å². The van der Waals surface area contributed by atoms with E-state index in [9.17, 15) is 4.79 Å². The van der Waals surface area contributed by atoms with Gasteiger partial charge in [-0.2, -0.15) is 0 Å². The van der Waals surface area contributed by atoms with Gasteiger partial charge in [-0.1, -0.05) is 6.07 Å². The van der Waals surface area contributed by atoms with Crippen LogP contribution in [0.5, 0.6) is 0 Å². The summed E-state index contributed by atoms with van der Waals surface area (Å²) in [5, 5.41) is 0.856. The third-order valence-electron chi connectivity index (χ3n) is 5.72. The van der Waals surface area contributed by atoms with E-state index in [1.807, 2.05) is 33.7 Å². The second-order valence-electron chi connectivity index (χ2n) is 7.42. The average Bonchev–Trinajstić information content (AvgIpc) is 3.09. The number of piperazine rings is 1. The van der Waals surface area contributed by atoms with E-state index in [2.05, 4.69) is 26.8 Å². The topological polar surface area (TPSA) is 66.2 Å². The highest BCUT2D eigenvalue weighted by molar-refractivity contribution is 6.16. The fraction of sp³-hybridized carbons (Fsp3) is 0.450. The molecule has 1 amide bonds. The van der Waals surface area contributed by atoms with Gasteiger partial charge in [-0.05, 0) is 19.2 Å². The highest BCUT2D eigenvalue weighted by Gasteiger charge is 2.29. The Labute approximate surface area is 163 Å². The molecule has 3 aromatic rings. The lowest BCUT2D eigenvalue weighted by molar-refractivity contribution is 0.0305. The largest absolute Gasteiger partial charge is 0.378 e. The Morgan fingerprint density at radius 1 is 1.04 bits per heavy atom. The molecular weight excluding hydrogens is 356 g/mol. The number of nitrogens with zero attached hydrogens (tertiary/aromatic N) is 6. The highest BCUT2D eigenvalue weighted by atomic mass is 16.5. The Hall–Kier alpha value is -2.71. The Morgan fingerprint density at radius 2 is 1.82 bits per heavy atom. The van der Waals surface area contributed by atoms with Crippen LogP contribution in [-0.4, -0.2) is 89.6 Å². The van der Waals surface area contributed by atoms with Crippen molar-refractivity contribution >= 4 is 28.3 Å². The molecule has 5 rings (SSSR count). The Balaban J connectivity index is 1.71. The van der Waals surface area contributed by atoms with Gasteiger partial charge in [0.25, 0.3) is 5.91 Å². The molecule has 0 radical (unpaired) electrons. The van der Waals surface area contributed by atoms with E-state index in [1.54, 1.807) is 6.33 Å². The van der Waals surface area contributed by atoms with Crippen molar-refractivity contribution in [1.29, 1.82) is 0 Å². The van der Waals surface area contributed by atoms with Crippen LogP contribution in [0.1, 0.15) is 10.4 Å². The number of likely N-dealkylation sites (N-methyl/N-ethyl adjacent to an activating group) is 1. The highest BCUT2D eigenvalue weighted by Crippen LogP contribution is 2.33. The lowest BCUT2D eigenvalue weighted by atomic mass is 10.1. The van der Waals surface area contributed by atoms with Crippen LogP contribution in [0.25, 0.3) is 16.6 Å². The van der Waals surface area contributed by atoms with Crippen LogP contribution in [0.4, 0.5) is 5.82 Å². The zero-order valence-corrected chi connectivity index (χ0v) is 16.0. The van der Waals surface area contributed by atoms with Crippen LogP contribution >= 0.6 is 0 Å². The number of morpholine rings is 1. The first-order chi connectivity index (χ1) is 13.7. The summed E-state index contributed by atoms with van der Waals surface area (Å²) in [5.74, 6) is 0.894. The number of ether oxygens (including phenoxy) is 1. The summed E-state index contributed by atoms with van der Waals surface area (Å²) in [6, 6.07) is 5.92. The number of hydrogen-bond acceptors (Lipinski definition) is 6. The van der Waals surface area contributed by atoms with Crippen molar-refractivity contribution < 1.29 is 9.53 Å². The fourth-order valence-electron chi connectivity index (χ4n) is 4.13. The number of anilines is 1. The molecule has 0 saturated carbocycles. The summed E-state index contributed by atoms with van der Waals surface area (Å²) >= 11 is 0. The first kappa shape index (κ1) is 17.4. The maximum absolute atomic E-state index is 13.6. The van der Waals surface area contributed by atoms with Crippen LogP contribution in [0, 0.1) is 0 Å². The zero-order chi connectivity index (χ0) is 19.1. The molecule has 2 aliphatic heterocycles. The molecule has 0 bridgehead atoms. The van der Waals surface area contributed by atoms with Crippen LogP contribution in [0.2, 0.25) is 0 Å². The molecule has 0 atom stereocenters. The van der Waals surface area contributed by atoms with Gasteiger partial charge in [-0.3, -0.25) is 4.79 Å². The third kappa shape index (κ3) is 2.80. The van der Waals surface area contributed by atoms with Gasteiger partial charge in [0.1, 0.15) is 12.1 Å². The number of carbonyl (C=O) groups is 1. The molecule has 0 unspecified atom stereocenters. The molecule has 2 saturated heterocycles. The molecule has 28 heavy (non-hydrogen) atoms. The van der Waals surface area contributed by atoms with Crippen LogP contribution in [0.15, 0.2) is 30.7 Å². The van der Waals surface area contributed by atoms with Crippen molar-refractivity contribution in [2.24, 2.45) is 0 Å². The molecule has 0 aliphatic carbocycles. The molecule has 0 spiro atoms. The quantitative estimate of drug-likeness (QED) is 0.664. The summed E-state index contributed by atoms with van der Waals surface area (Å²) in [7, 11) is 2.13. The minimum atomic E-state index is 0.0344. The van der Waals surface area contributed by atoms with Gasteiger partial charge in [0.05, 0.1) is 29.7 Å². The van der Waals surface area contributed by atoms with Crippen molar-refractivity contribution in [3.63, 3.8) is 0 Å². The maximum atomic E-state index is 13.6. The normalized spacial score (nSPS) is 18.9. The van der Waals surface area contributed by atoms with E-state index in [0.717, 1.165) is 48.5 Å². The summed E-state index contributed by atoms with van der Waals surface area (Å²) in [6.07, 6.45) is 3.58. The maximum Gasteiger partial charge on any atom is 0.257 e. The number of hydrogen-bond donors (Lipinski definition) is 0. The van der Waals surface area contributed by atoms with Crippen molar-refractivity contribution in [1.82, 2.24) is 24.2 Å². The number of carbonyl (C=O) groups excluding carboxylic acids is 1. The lowest BCUT2D eigenvalue weighted by Gasteiger charge is -2.33. The van der Waals surface area contributed by atoms with Gasteiger partial charge in [0.2, 0.25) is 0 Å². The average molecular weight is 380 g/mol. The number of rotatable bonds is 2. The molecule has 146 valence electrons. The molecule has 2 aliphatic rings. The predicted molar refractivity (Wildman–Crippen MR) is 107 cm³/mol. The van der Waals surface area contributed by atoms with E-state index in [1.165, 1.54) is 0 Å². The van der Waals surface area contributed by atoms with Crippen LogP contribution in [0.3, 0.4) is 0 Å². The Bertz CT molecular complexity index is 1020. The van der Waals surface area contributed by atoms with E-state index in [0.29, 0.717) is 31.9 Å².